The molecule has 108 valence electrons. The fourth-order valence-corrected chi connectivity index (χ4v) is 1.92. The monoisotopic (exact) mass is 282 g/mol. The Hall–Kier alpha value is -2.67. The van der Waals surface area contributed by atoms with Gasteiger partial charge in [0.15, 0.2) is 11.5 Å². The molecule has 1 N–H and O–H groups in total. The van der Waals surface area contributed by atoms with Crippen LogP contribution in [-0.2, 0) is 0 Å². The molecule has 4 nitrogen and oxygen atoms in total. The lowest BCUT2D eigenvalue weighted by atomic mass is 10.2. The number of nitrogens with one attached hydrogen (secondary N) is 1. The lowest BCUT2D eigenvalue weighted by Crippen LogP contribution is -1.99. The molecule has 0 unspecified atom stereocenters. The van der Waals surface area contributed by atoms with Gasteiger partial charge in [-0.05, 0) is 50.2 Å². The summed E-state index contributed by atoms with van der Waals surface area (Å²) in [5.41, 5.74) is 2.47. The number of rotatable bonds is 6. The predicted molar refractivity (Wildman–Crippen MR) is 83.2 cm³/mol. The van der Waals surface area contributed by atoms with Crippen molar-refractivity contribution < 1.29 is 9.47 Å². The first-order chi connectivity index (χ1) is 10.3. The highest BCUT2D eigenvalue weighted by Crippen LogP contribution is 2.31. The third-order valence-electron chi connectivity index (χ3n) is 2.85. The van der Waals surface area contributed by atoms with Crippen LogP contribution in [0.5, 0.6) is 11.5 Å². The van der Waals surface area contributed by atoms with Gasteiger partial charge in [0.05, 0.1) is 24.8 Å². The highest BCUT2D eigenvalue weighted by Gasteiger charge is 2.06. The van der Waals surface area contributed by atoms with E-state index in [9.17, 15) is 0 Å². The summed E-state index contributed by atoms with van der Waals surface area (Å²) >= 11 is 0. The van der Waals surface area contributed by atoms with Gasteiger partial charge in [-0.1, -0.05) is 0 Å². The lowest BCUT2D eigenvalue weighted by molar-refractivity contribution is 0.288. The maximum atomic E-state index is 8.79. The van der Waals surface area contributed by atoms with Gasteiger partial charge < -0.3 is 14.8 Å². The van der Waals surface area contributed by atoms with Crippen LogP contribution in [-0.4, -0.2) is 13.2 Å². The summed E-state index contributed by atoms with van der Waals surface area (Å²) in [5.74, 6) is 1.46. The molecule has 0 fully saturated rings. The zero-order valence-electron chi connectivity index (χ0n) is 12.2. The minimum atomic E-state index is 0.584. The topological polar surface area (TPSA) is 54.3 Å². The molecular formula is C17H18N2O2. The second-order valence-electron chi connectivity index (χ2n) is 4.34. The Morgan fingerprint density at radius 3 is 2.14 bits per heavy atom. The van der Waals surface area contributed by atoms with E-state index in [2.05, 4.69) is 11.4 Å². The molecule has 0 aromatic heterocycles. The van der Waals surface area contributed by atoms with Crippen molar-refractivity contribution in [2.75, 3.05) is 18.5 Å². The molecule has 0 aliphatic carbocycles. The van der Waals surface area contributed by atoms with Gasteiger partial charge in [0.1, 0.15) is 0 Å². The van der Waals surface area contributed by atoms with E-state index in [0.717, 1.165) is 22.9 Å². The van der Waals surface area contributed by atoms with Crippen LogP contribution in [0.15, 0.2) is 42.5 Å². The fourth-order valence-electron chi connectivity index (χ4n) is 1.92. The second-order valence-corrected chi connectivity index (χ2v) is 4.34. The van der Waals surface area contributed by atoms with Crippen molar-refractivity contribution in [3.8, 4) is 17.6 Å². The summed E-state index contributed by atoms with van der Waals surface area (Å²) in [6, 6.07) is 15.1. The van der Waals surface area contributed by atoms with Crippen molar-refractivity contribution in [1.29, 1.82) is 5.26 Å². The predicted octanol–water partition coefficient (Wildman–Crippen LogP) is 4.10. The van der Waals surface area contributed by atoms with Gasteiger partial charge in [-0.25, -0.2) is 0 Å². The molecule has 2 aromatic rings. The SMILES string of the molecule is CCOc1ccc(Nc2ccc(C#N)cc2)cc1OCC. The van der Waals surface area contributed by atoms with Crippen molar-refractivity contribution in [2.45, 2.75) is 13.8 Å². The third-order valence-corrected chi connectivity index (χ3v) is 2.85. The smallest absolute Gasteiger partial charge is 0.163 e. The molecule has 0 amide bonds. The van der Waals surface area contributed by atoms with Gasteiger partial charge in [-0.2, -0.15) is 5.26 Å². The van der Waals surface area contributed by atoms with E-state index in [-0.39, 0.29) is 0 Å². The molecule has 21 heavy (non-hydrogen) atoms. The molecule has 0 bridgehead atoms. The van der Waals surface area contributed by atoms with E-state index < -0.39 is 0 Å². The summed E-state index contributed by atoms with van der Waals surface area (Å²) in [7, 11) is 0. The quantitative estimate of drug-likeness (QED) is 0.866. The van der Waals surface area contributed by atoms with Crippen LogP contribution in [0.3, 0.4) is 0 Å². The van der Waals surface area contributed by atoms with Crippen LogP contribution in [0.25, 0.3) is 0 Å². The Morgan fingerprint density at radius 2 is 1.52 bits per heavy atom. The van der Waals surface area contributed by atoms with Crippen molar-refractivity contribution in [3.63, 3.8) is 0 Å². The first-order valence-corrected chi connectivity index (χ1v) is 6.93. The van der Waals surface area contributed by atoms with Gasteiger partial charge in [0, 0.05) is 17.4 Å². The minimum absolute atomic E-state index is 0.584. The summed E-state index contributed by atoms with van der Waals surface area (Å²) in [4.78, 5) is 0. The molecule has 2 rings (SSSR count). The first kappa shape index (κ1) is 14.7. The lowest BCUT2D eigenvalue weighted by Gasteiger charge is -2.13. The van der Waals surface area contributed by atoms with E-state index >= 15 is 0 Å². The number of nitrogens with zero attached hydrogens (tertiary/aromatic N) is 1. The Morgan fingerprint density at radius 1 is 0.905 bits per heavy atom. The van der Waals surface area contributed by atoms with Crippen molar-refractivity contribution in [1.82, 2.24) is 0 Å². The summed E-state index contributed by atoms with van der Waals surface area (Å²) in [5, 5.41) is 12.1. The molecule has 0 aliphatic rings. The molecule has 0 saturated carbocycles. The van der Waals surface area contributed by atoms with Crippen molar-refractivity contribution in [3.05, 3.63) is 48.0 Å². The molecule has 0 radical (unpaired) electrons. The van der Waals surface area contributed by atoms with E-state index in [0.29, 0.717) is 18.8 Å². The van der Waals surface area contributed by atoms with Gasteiger partial charge in [0.2, 0.25) is 0 Å². The molecule has 0 saturated heterocycles. The Labute approximate surface area is 124 Å². The normalized spacial score (nSPS) is 9.76. The zero-order valence-corrected chi connectivity index (χ0v) is 12.2. The van der Waals surface area contributed by atoms with Crippen LogP contribution < -0.4 is 14.8 Å². The molecule has 0 aliphatic heterocycles. The van der Waals surface area contributed by atoms with Gasteiger partial charge in [0.25, 0.3) is 0 Å². The fraction of sp³-hybridized carbons (Fsp3) is 0.235. The standard InChI is InChI=1S/C17H18N2O2/c1-3-20-16-10-9-15(11-17(16)21-4-2)19-14-7-5-13(12-18)6-8-14/h5-11,19H,3-4H2,1-2H3. The Bertz CT molecular complexity index is 630. The number of ether oxygens (including phenoxy) is 2. The third kappa shape index (κ3) is 3.90. The zero-order chi connectivity index (χ0) is 15.1. The van der Waals surface area contributed by atoms with Crippen LogP contribution in [0.2, 0.25) is 0 Å². The number of nitriles is 1. The highest BCUT2D eigenvalue weighted by molar-refractivity contribution is 5.64. The molecule has 0 heterocycles. The maximum absolute atomic E-state index is 8.79. The van der Waals surface area contributed by atoms with Crippen molar-refractivity contribution in [2.24, 2.45) is 0 Å². The molecule has 0 atom stereocenters. The molecular weight excluding hydrogens is 264 g/mol. The number of anilines is 2. The summed E-state index contributed by atoms with van der Waals surface area (Å²) < 4.78 is 11.1. The largest absolute Gasteiger partial charge is 0.490 e. The average Bonchev–Trinajstić information content (AvgIpc) is 2.51. The highest BCUT2D eigenvalue weighted by atomic mass is 16.5. The number of hydrogen-bond donors (Lipinski definition) is 1. The maximum Gasteiger partial charge on any atom is 0.163 e. The first-order valence-electron chi connectivity index (χ1n) is 6.93. The van der Waals surface area contributed by atoms with Crippen LogP contribution in [0, 0.1) is 11.3 Å². The number of hydrogen-bond acceptors (Lipinski definition) is 4. The average molecular weight is 282 g/mol. The Balaban J connectivity index is 2.19. The molecule has 4 heteroatoms. The van der Waals surface area contributed by atoms with Crippen LogP contribution in [0.1, 0.15) is 19.4 Å². The van der Waals surface area contributed by atoms with Gasteiger partial charge in [-0.15, -0.1) is 0 Å². The summed E-state index contributed by atoms with van der Waals surface area (Å²) in [6.45, 7) is 5.07. The van der Waals surface area contributed by atoms with E-state index in [1.165, 1.54) is 0 Å². The van der Waals surface area contributed by atoms with E-state index in [1.54, 1.807) is 12.1 Å². The molecule has 0 spiro atoms. The van der Waals surface area contributed by atoms with Crippen molar-refractivity contribution >= 4 is 11.4 Å². The summed E-state index contributed by atoms with van der Waals surface area (Å²) in [6.07, 6.45) is 0. The Kier molecular flexibility index (Phi) is 5.05. The van der Waals surface area contributed by atoms with Crippen LogP contribution in [0.4, 0.5) is 11.4 Å². The van der Waals surface area contributed by atoms with E-state index in [4.69, 9.17) is 14.7 Å². The van der Waals surface area contributed by atoms with Gasteiger partial charge >= 0.3 is 0 Å². The second kappa shape index (κ2) is 7.20. The van der Waals surface area contributed by atoms with Gasteiger partial charge in [-0.3, -0.25) is 0 Å². The van der Waals surface area contributed by atoms with E-state index in [1.807, 2.05) is 44.2 Å². The molecule has 2 aromatic carbocycles. The minimum Gasteiger partial charge on any atom is -0.490 e. The van der Waals surface area contributed by atoms with Crippen LogP contribution >= 0.6 is 0 Å². The number of benzene rings is 2.